The second-order valence-electron chi connectivity index (χ2n) is 6.48. The van der Waals surface area contributed by atoms with Crippen LogP contribution in [0, 0.1) is 6.92 Å². The van der Waals surface area contributed by atoms with Gasteiger partial charge in [-0.1, -0.05) is 29.8 Å². The van der Waals surface area contributed by atoms with Gasteiger partial charge in [0.15, 0.2) is 0 Å². The number of sulfonamides is 1. The van der Waals surface area contributed by atoms with E-state index in [1.54, 1.807) is 43.3 Å². The average molecular weight is 419 g/mol. The number of Topliss-reactive ketones (excluding diaryl/α,β-unsaturated/α-hetero) is 1. The minimum atomic E-state index is -3.87. The van der Waals surface area contributed by atoms with E-state index in [1.807, 2.05) is 6.92 Å². The third kappa shape index (κ3) is 6.69. The van der Waals surface area contributed by atoms with Crippen molar-refractivity contribution >= 4 is 21.8 Å². The van der Waals surface area contributed by atoms with E-state index in [9.17, 15) is 18.0 Å². The third-order valence-corrected chi connectivity index (χ3v) is 5.71. The van der Waals surface area contributed by atoms with E-state index in [0.717, 1.165) is 5.56 Å². The number of carbonyl (C=O) groups excluding carboxylic acids is 2. The summed E-state index contributed by atoms with van der Waals surface area (Å²) >= 11 is 0. The molecule has 0 spiro atoms. The molecule has 0 fully saturated rings. The molecule has 0 saturated carbocycles. The summed E-state index contributed by atoms with van der Waals surface area (Å²) in [7, 11) is -2.35. The molecule has 2 aromatic carbocycles. The topological polar surface area (TPSA) is 98.8 Å². The van der Waals surface area contributed by atoms with E-state index in [1.165, 1.54) is 19.2 Å². The molecule has 0 saturated heterocycles. The predicted octanol–water partition coefficient (Wildman–Crippen LogP) is 2.94. The summed E-state index contributed by atoms with van der Waals surface area (Å²) < 4.78 is 38.1. The SMILES string of the molecule is CCOC(=O)CC(=O)CC(NS(=O)(=O)c1ccc(C)cc1)c1ccc(OC)cc1. The lowest BCUT2D eigenvalue weighted by Gasteiger charge is -2.19. The second kappa shape index (κ2) is 10.2. The number of aryl methyl sites for hydroxylation is 1. The molecule has 0 aliphatic rings. The molecule has 7 nitrogen and oxygen atoms in total. The van der Waals surface area contributed by atoms with Gasteiger partial charge in [0.2, 0.25) is 10.0 Å². The number of ether oxygens (including phenoxy) is 2. The predicted molar refractivity (Wildman–Crippen MR) is 108 cm³/mol. The van der Waals surface area contributed by atoms with Gasteiger partial charge in [0, 0.05) is 6.42 Å². The van der Waals surface area contributed by atoms with Gasteiger partial charge < -0.3 is 9.47 Å². The van der Waals surface area contributed by atoms with Crippen LogP contribution in [-0.2, 0) is 24.3 Å². The maximum absolute atomic E-state index is 12.8. The zero-order chi connectivity index (χ0) is 21.4. The van der Waals surface area contributed by atoms with E-state index < -0.39 is 34.2 Å². The number of hydrogen-bond donors (Lipinski definition) is 1. The van der Waals surface area contributed by atoms with Crippen molar-refractivity contribution in [2.24, 2.45) is 0 Å². The van der Waals surface area contributed by atoms with Crippen LogP contribution in [0.1, 0.15) is 36.9 Å². The Hall–Kier alpha value is -2.71. The van der Waals surface area contributed by atoms with Crippen LogP contribution in [0.2, 0.25) is 0 Å². The molecule has 1 unspecified atom stereocenters. The van der Waals surface area contributed by atoms with Crippen molar-refractivity contribution in [3.05, 3.63) is 59.7 Å². The van der Waals surface area contributed by atoms with Crippen LogP contribution in [0.4, 0.5) is 0 Å². The molecular weight excluding hydrogens is 394 g/mol. The first kappa shape index (κ1) is 22.6. The fourth-order valence-electron chi connectivity index (χ4n) is 2.71. The molecule has 2 rings (SSSR count). The first-order valence-electron chi connectivity index (χ1n) is 9.15. The summed E-state index contributed by atoms with van der Waals surface area (Å²) in [5, 5.41) is 0. The molecule has 8 heteroatoms. The molecule has 29 heavy (non-hydrogen) atoms. The van der Waals surface area contributed by atoms with Crippen molar-refractivity contribution in [1.29, 1.82) is 0 Å². The second-order valence-corrected chi connectivity index (χ2v) is 8.20. The molecule has 1 atom stereocenters. The van der Waals surface area contributed by atoms with E-state index in [-0.39, 0.29) is 17.9 Å². The van der Waals surface area contributed by atoms with E-state index in [0.29, 0.717) is 11.3 Å². The highest BCUT2D eigenvalue weighted by Gasteiger charge is 2.25. The lowest BCUT2D eigenvalue weighted by atomic mass is 10.0. The Morgan fingerprint density at radius 2 is 1.66 bits per heavy atom. The van der Waals surface area contributed by atoms with Crippen molar-refractivity contribution in [2.75, 3.05) is 13.7 Å². The molecule has 1 N–H and O–H groups in total. The fraction of sp³-hybridized carbons (Fsp3) is 0.333. The van der Waals surface area contributed by atoms with Crippen LogP contribution in [0.15, 0.2) is 53.4 Å². The summed E-state index contributed by atoms with van der Waals surface area (Å²) in [6, 6.07) is 12.3. The first-order chi connectivity index (χ1) is 13.7. The first-order valence-corrected chi connectivity index (χ1v) is 10.6. The normalized spacial score (nSPS) is 12.2. The number of benzene rings is 2. The van der Waals surface area contributed by atoms with Gasteiger partial charge in [-0.3, -0.25) is 9.59 Å². The summed E-state index contributed by atoms with van der Waals surface area (Å²) in [6.07, 6.45) is -0.594. The number of hydrogen-bond acceptors (Lipinski definition) is 6. The van der Waals surface area contributed by atoms with Crippen LogP contribution < -0.4 is 9.46 Å². The van der Waals surface area contributed by atoms with Crippen LogP contribution in [-0.4, -0.2) is 33.9 Å². The lowest BCUT2D eigenvalue weighted by Crippen LogP contribution is -2.30. The van der Waals surface area contributed by atoms with Gasteiger partial charge in [-0.15, -0.1) is 0 Å². The van der Waals surface area contributed by atoms with Gasteiger partial charge in [0.1, 0.15) is 18.0 Å². The number of methoxy groups -OCH3 is 1. The highest BCUT2D eigenvalue weighted by Crippen LogP contribution is 2.24. The fourth-order valence-corrected chi connectivity index (χ4v) is 3.93. The summed E-state index contributed by atoms with van der Waals surface area (Å²) in [4.78, 5) is 24.0. The average Bonchev–Trinajstić information content (AvgIpc) is 2.68. The molecule has 2 aromatic rings. The zero-order valence-electron chi connectivity index (χ0n) is 16.7. The van der Waals surface area contributed by atoms with E-state index >= 15 is 0 Å². The Labute approximate surface area is 171 Å². The number of nitrogens with one attached hydrogen (secondary N) is 1. The van der Waals surface area contributed by atoms with Gasteiger partial charge in [-0.2, -0.15) is 0 Å². The third-order valence-electron chi connectivity index (χ3n) is 4.23. The highest BCUT2D eigenvalue weighted by atomic mass is 32.2. The lowest BCUT2D eigenvalue weighted by molar-refractivity contribution is -0.145. The molecule has 0 amide bonds. The Morgan fingerprint density at radius 1 is 1.03 bits per heavy atom. The van der Waals surface area contributed by atoms with Crippen LogP contribution in [0.3, 0.4) is 0 Å². The quantitative estimate of drug-likeness (QED) is 0.470. The highest BCUT2D eigenvalue weighted by molar-refractivity contribution is 7.89. The van der Waals surface area contributed by atoms with Gasteiger partial charge in [0.25, 0.3) is 0 Å². The van der Waals surface area contributed by atoms with Crippen molar-refractivity contribution < 1.29 is 27.5 Å². The number of ketones is 1. The number of esters is 1. The van der Waals surface area contributed by atoms with E-state index in [4.69, 9.17) is 9.47 Å². The summed E-state index contributed by atoms with van der Waals surface area (Å²) in [5.41, 5.74) is 1.51. The Bertz CT molecular complexity index is 936. The molecular formula is C21H25NO6S. The van der Waals surface area contributed by atoms with Crippen LogP contribution in [0.25, 0.3) is 0 Å². The van der Waals surface area contributed by atoms with Gasteiger partial charge in [-0.25, -0.2) is 13.1 Å². The maximum Gasteiger partial charge on any atom is 0.313 e. The molecule has 0 radical (unpaired) electrons. The molecule has 0 aliphatic heterocycles. The van der Waals surface area contributed by atoms with Crippen molar-refractivity contribution in [1.82, 2.24) is 4.72 Å². The van der Waals surface area contributed by atoms with Gasteiger partial charge in [0.05, 0.1) is 24.7 Å². The largest absolute Gasteiger partial charge is 0.497 e. The minimum absolute atomic E-state index is 0.0967. The monoisotopic (exact) mass is 419 g/mol. The minimum Gasteiger partial charge on any atom is -0.497 e. The van der Waals surface area contributed by atoms with Crippen molar-refractivity contribution in [2.45, 2.75) is 37.6 Å². The summed E-state index contributed by atoms with van der Waals surface area (Å²) in [6.45, 7) is 3.68. The van der Waals surface area contributed by atoms with E-state index in [2.05, 4.69) is 4.72 Å². The molecule has 0 bridgehead atoms. The number of rotatable bonds is 10. The van der Waals surface area contributed by atoms with Gasteiger partial charge in [-0.05, 0) is 43.7 Å². The smallest absolute Gasteiger partial charge is 0.313 e. The molecule has 0 aromatic heterocycles. The summed E-state index contributed by atoms with van der Waals surface area (Å²) in [5.74, 6) is -0.449. The Morgan fingerprint density at radius 3 is 2.21 bits per heavy atom. The number of carbonyl (C=O) groups is 2. The van der Waals surface area contributed by atoms with Crippen molar-refractivity contribution in [3.8, 4) is 5.75 Å². The van der Waals surface area contributed by atoms with Crippen LogP contribution in [0.5, 0.6) is 5.75 Å². The standard InChI is InChI=1S/C21H25NO6S/c1-4-28-21(24)14-17(23)13-20(16-7-9-18(27-3)10-8-16)22-29(25,26)19-11-5-15(2)6-12-19/h5-12,20,22H,4,13-14H2,1-3H3. The Kier molecular flexibility index (Phi) is 7.92. The van der Waals surface area contributed by atoms with Crippen LogP contribution >= 0.6 is 0 Å². The maximum atomic E-state index is 12.8. The van der Waals surface area contributed by atoms with Gasteiger partial charge >= 0.3 is 5.97 Å². The molecule has 0 heterocycles. The Balaban J connectivity index is 2.26. The van der Waals surface area contributed by atoms with Crippen molar-refractivity contribution in [3.63, 3.8) is 0 Å². The molecule has 0 aliphatic carbocycles. The molecule has 156 valence electrons. The zero-order valence-corrected chi connectivity index (χ0v) is 17.5.